The maximum Gasteiger partial charge on any atom is 0.326 e. The van der Waals surface area contributed by atoms with E-state index < -0.39 is 5.97 Å². The van der Waals surface area contributed by atoms with Crippen LogP contribution < -0.4 is 5.69 Å². The average molecular weight is 371 g/mol. The lowest BCUT2D eigenvalue weighted by molar-refractivity contribution is -0.137. The molecule has 3 aromatic rings. The van der Waals surface area contributed by atoms with Gasteiger partial charge in [0.15, 0.2) is 5.82 Å². The van der Waals surface area contributed by atoms with Crippen molar-refractivity contribution in [1.82, 2.24) is 24.3 Å². The fourth-order valence-corrected chi connectivity index (χ4v) is 3.86. The summed E-state index contributed by atoms with van der Waals surface area (Å²) >= 11 is 0. The van der Waals surface area contributed by atoms with E-state index >= 15 is 0 Å². The van der Waals surface area contributed by atoms with Crippen molar-refractivity contribution in [3.8, 4) is 11.4 Å². The molecule has 0 radical (unpaired) electrons. The summed E-state index contributed by atoms with van der Waals surface area (Å²) < 4.78 is 3.11. The molecule has 0 unspecified atom stereocenters. The zero-order chi connectivity index (χ0) is 19.1. The number of carboxylic acids is 1. The third-order valence-corrected chi connectivity index (χ3v) is 5.07. The number of carbonyl (C=O) groups is 1. The minimum absolute atomic E-state index is 0.0680. The van der Waals surface area contributed by atoms with E-state index in [9.17, 15) is 14.7 Å². The molecule has 4 rings (SSSR count). The molecule has 1 aliphatic carbocycles. The second-order valence-corrected chi connectivity index (χ2v) is 7.03. The highest BCUT2D eigenvalue weighted by Gasteiger charge is 2.24. The summed E-state index contributed by atoms with van der Waals surface area (Å²) in [5.41, 5.74) is 1.99. The predicted molar refractivity (Wildman–Crippen MR) is 97.5 cm³/mol. The zero-order valence-corrected chi connectivity index (χ0v) is 14.9. The first-order chi connectivity index (χ1) is 12.9. The van der Waals surface area contributed by atoms with Crippen LogP contribution in [0.1, 0.15) is 37.5 Å². The maximum absolute atomic E-state index is 12.5. The first-order valence-electron chi connectivity index (χ1n) is 8.98. The highest BCUT2D eigenvalue weighted by Crippen LogP contribution is 2.30. The first kappa shape index (κ1) is 17.5. The third kappa shape index (κ3) is 3.25. The van der Waals surface area contributed by atoms with Gasteiger partial charge < -0.3 is 15.2 Å². The van der Waals surface area contributed by atoms with Crippen molar-refractivity contribution in [3.63, 3.8) is 0 Å². The van der Waals surface area contributed by atoms with Crippen LogP contribution in [0.25, 0.3) is 22.4 Å². The number of rotatable bonds is 4. The van der Waals surface area contributed by atoms with Gasteiger partial charge in [-0.3, -0.25) is 9.36 Å². The van der Waals surface area contributed by atoms with Gasteiger partial charge >= 0.3 is 11.7 Å². The van der Waals surface area contributed by atoms with Crippen LogP contribution in [0, 0.1) is 6.92 Å². The SMILES string of the molecule is Cc1nc(-c2ccc3c(c2)[nH]c(=O)n3C2CCC(O)CC2)n(CC(=O)O)n1. The highest BCUT2D eigenvalue weighted by molar-refractivity contribution is 5.81. The van der Waals surface area contributed by atoms with Crippen LogP contribution in [0.3, 0.4) is 0 Å². The number of nitrogens with zero attached hydrogens (tertiary/aromatic N) is 4. The molecule has 142 valence electrons. The highest BCUT2D eigenvalue weighted by atomic mass is 16.4. The molecule has 0 saturated heterocycles. The first-order valence-corrected chi connectivity index (χ1v) is 8.98. The summed E-state index contributed by atoms with van der Waals surface area (Å²) in [6, 6.07) is 5.54. The Hall–Kier alpha value is -2.94. The van der Waals surface area contributed by atoms with Crippen molar-refractivity contribution in [2.24, 2.45) is 0 Å². The maximum atomic E-state index is 12.5. The van der Waals surface area contributed by atoms with Crippen molar-refractivity contribution < 1.29 is 15.0 Å². The van der Waals surface area contributed by atoms with Crippen LogP contribution in [0.5, 0.6) is 0 Å². The Kier molecular flexibility index (Phi) is 4.31. The number of H-pyrrole nitrogens is 1. The zero-order valence-electron chi connectivity index (χ0n) is 14.9. The molecular weight excluding hydrogens is 350 g/mol. The number of carboxylic acid groups (broad SMARTS) is 1. The van der Waals surface area contributed by atoms with Crippen LogP contribution in [-0.2, 0) is 11.3 Å². The van der Waals surface area contributed by atoms with Gasteiger partial charge in [-0.2, -0.15) is 5.10 Å². The van der Waals surface area contributed by atoms with E-state index in [4.69, 9.17) is 5.11 Å². The van der Waals surface area contributed by atoms with E-state index in [0.29, 0.717) is 35.6 Å². The van der Waals surface area contributed by atoms with E-state index in [1.54, 1.807) is 17.6 Å². The molecule has 0 aliphatic heterocycles. The molecule has 1 fully saturated rings. The molecule has 3 N–H and O–H groups in total. The molecule has 0 atom stereocenters. The fraction of sp³-hybridized carbons (Fsp3) is 0.444. The molecule has 2 heterocycles. The predicted octanol–water partition coefficient (Wildman–Crippen LogP) is 1.46. The Bertz CT molecular complexity index is 1060. The molecule has 27 heavy (non-hydrogen) atoms. The van der Waals surface area contributed by atoms with Gasteiger partial charge in [-0.1, -0.05) is 0 Å². The third-order valence-electron chi connectivity index (χ3n) is 5.07. The van der Waals surface area contributed by atoms with Gasteiger partial charge in [-0.15, -0.1) is 0 Å². The number of aromatic nitrogens is 5. The summed E-state index contributed by atoms with van der Waals surface area (Å²) in [5, 5.41) is 22.9. The Morgan fingerprint density at radius 2 is 2.04 bits per heavy atom. The van der Waals surface area contributed by atoms with Crippen molar-refractivity contribution in [2.45, 2.75) is 51.3 Å². The van der Waals surface area contributed by atoms with Crippen molar-refractivity contribution >= 4 is 17.0 Å². The van der Waals surface area contributed by atoms with Crippen LogP contribution in [0.2, 0.25) is 0 Å². The molecule has 0 bridgehead atoms. The number of hydrogen-bond acceptors (Lipinski definition) is 5. The quantitative estimate of drug-likeness (QED) is 0.637. The number of fused-ring (bicyclic) bond motifs is 1. The lowest BCUT2D eigenvalue weighted by atomic mass is 9.93. The summed E-state index contributed by atoms with van der Waals surface area (Å²) in [4.78, 5) is 30.8. The average Bonchev–Trinajstić information content (AvgIpc) is 3.13. The smallest absolute Gasteiger partial charge is 0.326 e. The van der Waals surface area contributed by atoms with Gasteiger partial charge in [0, 0.05) is 11.6 Å². The largest absolute Gasteiger partial charge is 0.480 e. The van der Waals surface area contributed by atoms with Crippen molar-refractivity contribution in [1.29, 1.82) is 0 Å². The minimum Gasteiger partial charge on any atom is -0.480 e. The molecule has 0 amide bonds. The summed E-state index contributed by atoms with van der Waals surface area (Å²) in [7, 11) is 0. The van der Waals surface area contributed by atoms with Gasteiger partial charge in [-0.05, 0) is 50.8 Å². The Balaban J connectivity index is 1.75. The lowest BCUT2D eigenvalue weighted by Crippen LogP contribution is -2.27. The molecule has 9 heteroatoms. The van der Waals surface area contributed by atoms with Gasteiger partial charge in [0.05, 0.1) is 17.1 Å². The van der Waals surface area contributed by atoms with Gasteiger partial charge in [0.25, 0.3) is 0 Å². The molecular formula is C18H21N5O4. The lowest BCUT2D eigenvalue weighted by Gasteiger charge is -2.26. The Morgan fingerprint density at radius 3 is 2.74 bits per heavy atom. The van der Waals surface area contributed by atoms with Crippen molar-refractivity contribution in [3.05, 3.63) is 34.5 Å². The number of aromatic amines is 1. The second-order valence-electron chi connectivity index (χ2n) is 7.03. The second kappa shape index (κ2) is 6.66. The van der Waals surface area contributed by atoms with Gasteiger partial charge in [0.2, 0.25) is 0 Å². The minimum atomic E-state index is -0.999. The standard InChI is InChI=1S/C18H21N5O4/c1-10-19-17(22(21-10)9-16(25)26)11-2-7-15-14(8-11)20-18(27)23(15)12-3-5-13(24)6-4-12/h2,7-8,12-13,24H,3-6,9H2,1H3,(H,20,27)(H,25,26). The van der Waals surface area contributed by atoms with Crippen LogP contribution in [0.15, 0.2) is 23.0 Å². The number of benzene rings is 1. The van der Waals surface area contributed by atoms with E-state index in [1.807, 2.05) is 12.1 Å². The van der Waals surface area contributed by atoms with Crippen LogP contribution >= 0.6 is 0 Å². The number of nitrogens with one attached hydrogen (secondary N) is 1. The number of aliphatic carboxylic acids is 1. The molecule has 9 nitrogen and oxygen atoms in total. The number of aliphatic hydroxyl groups excluding tert-OH is 1. The summed E-state index contributed by atoms with van der Waals surface area (Å²) in [6.45, 7) is 1.42. The van der Waals surface area contributed by atoms with E-state index in [1.165, 1.54) is 4.68 Å². The Labute approximate surface area is 154 Å². The normalized spacial score (nSPS) is 20.2. The van der Waals surface area contributed by atoms with Crippen LogP contribution in [0.4, 0.5) is 0 Å². The van der Waals surface area contributed by atoms with Gasteiger partial charge in [0.1, 0.15) is 12.4 Å². The van der Waals surface area contributed by atoms with E-state index in [-0.39, 0.29) is 24.4 Å². The number of hydrogen-bond donors (Lipinski definition) is 3. The molecule has 1 aromatic carbocycles. The monoisotopic (exact) mass is 371 g/mol. The molecule has 0 spiro atoms. The Morgan fingerprint density at radius 1 is 1.30 bits per heavy atom. The van der Waals surface area contributed by atoms with E-state index in [0.717, 1.165) is 18.4 Å². The molecule has 2 aromatic heterocycles. The topological polar surface area (TPSA) is 126 Å². The number of aliphatic hydroxyl groups is 1. The summed E-state index contributed by atoms with van der Waals surface area (Å²) in [5.74, 6) is -0.0642. The number of imidazole rings is 1. The van der Waals surface area contributed by atoms with Crippen LogP contribution in [-0.4, -0.2) is 46.6 Å². The fourth-order valence-electron chi connectivity index (χ4n) is 3.86. The molecule has 1 aliphatic rings. The number of aryl methyl sites for hydroxylation is 1. The van der Waals surface area contributed by atoms with Crippen molar-refractivity contribution in [2.75, 3.05) is 0 Å². The summed E-state index contributed by atoms with van der Waals surface area (Å²) in [6.07, 6.45) is 2.64. The van der Waals surface area contributed by atoms with E-state index in [2.05, 4.69) is 15.1 Å². The molecule has 1 saturated carbocycles. The van der Waals surface area contributed by atoms with Gasteiger partial charge in [-0.25, -0.2) is 14.5 Å².